The van der Waals surface area contributed by atoms with Crippen molar-refractivity contribution in [2.24, 2.45) is 0 Å². The number of hydrogen-bond donors (Lipinski definition) is 1. The summed E-state index contributed by atoms with van der Waals surface area (Å²) in [5, 5.41) is 3.50. The molecule has 0 amide bonds. The Hall–Kier alpha value is -1.07. The van der Waals surface area contributed by atoms with Crippen LogP contribution in [-0.2, 0) is 4.74 Å². The second kappa shape index (κ2) is 5.51. The van der Waals surface area contributed by atoms with Gasteiger partial charge in [-0.25, -0.2) is 4.98 Å². The number of methoxy groups -OCH3 is 1. The van der Waals surface area contributed by atoms with Gasteiger partial charge in [-0.3, -0.25) is 0 Å². The second-order valence-electron chi connectivity index (χ2n) is 4.06. The molecule has 0 saturated carbocycles. The van der Waals surface area contributed by atoms with Crippen molar-refractivity contribution in [2.75, 3.05) is 37.5 Å². The summed E-state index contributed by atoms with van der Waals surface area (Å²) in [4.78, 5) is 10.6. The molecule has 1 fully saturated rings. The number of nitrogens with one attached hydrogen (secondary N) is 1. The number of rotatable bonds is 3. The Labute approximate surface area is 106 Å². The van der Waals surface area contributed by atoms with E-state index in [4.69, 9.17) is 16.3 Å². The van der Waals surface area contributed by atoms with E-state index in [0.29, 0.717) is 11.0 Å². The van der Waals surface area contributed by atoms with E-state index in [-0.39, 0.29) is 6.10 Å². The zero-order valence-corrected chi connectivity index (χ0v) is 10.9. The Bertz CT molecular complexity index is 388. The van der Waals surface area contributed by atoms with Crippen LogP contribution in [0.3, 0.4) is 0 Å². The van der Waals surface area contributed by atoms with E-state index in [1.54, 1.807) is 20.4 Å². The van der Waals surface area contributed by atoms with Crippen LogP contribution in [0.1, 0.15) is 12.8 Å². The van der Waals surface area contributed by atoms with Gasteiger partial charge in [0.25, 0.3) is 0 Å². The third-order valence-electron chi connectivity index (χ3n) is 2.96. The number of halogens is 1. The third-order valence-corrected chi connectivity index (χ3v) is 3.23. The van der Waals surface area contributed by atoms with Gasteiger partial charge in [-0.05, 0) is 12.8 Å². The Morgan fingerprint density at radius 3 is 3.12 bits per heavy atom. The topological polar surface area (TPSA) is 50.3 Å². The number of hydrogen-bond acceptors (Lipinski definition) is 5. The Balaban J connectivity index is 2.20. The third kappa shape index (κ3) is 2.79. The average Bonchev–Trinajstić information content (AvgIpc) is 2.39. The Morgan fingerprint density at radius 2 is 2.41 bits per heavy atom. The van der Waals surface area contributed by atoms with Crippen molar-refractivity contribution < 1.29 is 4.74 Å². The van der Waals surface area contributed by atoms with Gasteiger partial charge in [0, 0.05) is 27.2 Å². The summed E-state index contributed by atoms with van der Waals surface area (Å²) in [6.07, 6.45) is 4.07. The van der Waals surface area contributed by atoms with E-state index in [9.17, 15) is 0 Å². The van der Waals surface area contributed by atoms with Crippen LogP contribution in [0.5, 0.6) is 0 Å². The zero-order chi connectivity index (χ0) is 12.3. The van der Waals surface area contributed by atoms with Gasteiger partial charge in [0.2, 0.25) is 5.95 Å². The maximum Gasteiger partial charge on any atom is 0.224 e. The fourth-order valence-electron chi connectivity index (χ4n) is 2.02. The monoisotopic (exact) mass is 256 g/mol. The summed E-state index contributed by atoms with van der Waals surface area (Å²) in [5.74, 6) is 1.37. The highest BCUT2D eigenvalue weighted by atomic mass is 35.5. The van der Waals surface area contributed by atoms with Gasteiger partial charge >= 0.3 is 0 Å². The molecule has 0 aliphatic carbocycles. The number of anilines is 2. The molecule has 0 radical (unpaired) electrons. The van der Waals surface area contributed by atoms with Crippen LogP contribution < -0.4 is 10.2 Å². The first-order chi connectivity index (χ1) is 8.24. The van der Waals surface area contributed by atoms with E-state index in [2.05, 4.69) is 20.2 Å². The molecule has 0 spiro atoms. The quantitative estimate of drug-likeness (QED) is 0.894. The maximum atomic E-state index is 6.14. The molecule has 2 rings (SSSR count). The van der Waals surface area contributed by atoms with E-state index in [1.165, 1.54) is 0 Å². The first-order valence-corrected chi connectivity index (χ1v) is 6.10. The molecule has 94 valence electrons. The van der Waals surface area contributed by atoms with Gasteiger partial charge in [0.15, 0.2) is 5.82 Å². The van der Waals surface area contributed by atoms with Crippen molar-refractivity contribution in [3.8, 4) is 0 Å². The van der Waals surface area contributed by atoms with Gasteiger partial charge in [-0.2, -0.15) is 4.98 Å². The molecule has 0 bridgehead atoms. The van der Waals surface area contributed by atoms with Crippen LogP contribution in [0.15, 0.2) is 6.20 Å². The molecule has 6 heteroatoms. The molecule has 1 aliphatic heterocycles. The number of ether oxygens (including phenoxy) is 1. The molecule has 2 heterocycles. The van der Waals surface area contributed by atoms with Gasteiger partial charge in [0.1, 0.15) is 5.02 Å². The van der Waals surface area contributed by atoms with Gasteiger partial charge in [-0.1, -0.05) is 11.6 Å². The highest BCUT2D eigenvalue weighted by Crippen LogP contribution is 2.26. The summed E-state index contributed by atoms with van der Waals surface area (Å²) in [6.45, 7) is 1.79. The predicted octanol–water partition coefficient (Wildman–Crippen LogP) is 1.79. The minimum absolute atomic E-state index is 0.257. The molecule has 1 aromatic rings. The maximum absolute atomic E-state index is 6.14. The minimum Gasteiger partial charge on any atom is -0.380 e. The molecular formula is C11H17ClN4O. The first kappa shape index (κ1) is 12.4. The van der Waals surface area contributed by atoms with Crippen LogP contribution >= 0.6 is 11.6 Å². The Morgan fingerprint density at radius 1 is 1.59 bits per heavy atom. The van der Waals surface area contributed by atoms with Crippen LogP contribution in [0, 0.1) is 0 Å². The van der Waals surface area contributed by atoms with Crippen molar-refractivity contribution in [3.63, 3.8) is 0 Å². The molecule has 1 saturated heterocycles. The lowest BCUT2D eigenvalue weighted by Gasteiger charge is -2.33. The van der Waals surface area contributed by atoms with E-state index in [0.717, 1.165) is 31.7 Å². The molecular weight excluding hydrogens is 240 g/mol. The van der Waals surface area contributed by atoms with Gasteiger partial charge < -0.3 is 15.0 Å². The highest BCUT2D eigenvalue weighted by Gasteiger charge is 2.22. The standard InChI is InChI=1S/C11H17ClN4O/c1-13-11-14-6-9(12)10(15-11)16-5-3-4-8(7-16)17-2/h6,8H,3-5,7H2,1-2H3,(H,13,14,15). The Kier molecular flexibility index (Phi) is 4.02. The highest BCUT2D eigenvalue weighted by molar-refractivity contribution is 6.32. The molecule has 1 aliphatic rings. The van der Waals surface area contributed by atoms with E-state index in [1.807, 2.05) is 0 Å². The van der Waals surface area contributed by atoms with Crippen molar-refractivity contribution in [1.82, 2.24) is 9.97 Å². The summed E-state index contributed by atoms with van der Waals surface area (Å²) in [7, 11) is 3.54. The lowest BCUT2D eigenvalue weighted by Crippen LogP contribution is -2.39. The molecule has 1 unspecified atom stereocenters. The van der Waals surface area contributed by atoms with Crippen molar-refractivity contribution in [2.45, 2.75) is 18.9 Å². The second-order valence-corrected chi connectivity index (χ2v) is 4.47. The largest absolute Gasteiger partial charge is 0.380 e. The molecule has 1 atom stereocenters. The molecule has 5 nitrogen and oxygen atoms in total. The van der Waals surface area contributed by atoms with Crippen LogP contribution in [0.25, 0.3) is 0 Å². The van der Waals surface area contributed by atoms with Gasteiger partial charge in [0.05, 0.1) is 12.3 Å². The molecule has 1 N–H and O–H groups in total. The van der Waals surface area contributed by atoms with Crippen LogP contribution in [-0.4, -0.2) is 43.3 Å². The van der Waals surface area contributed by atoms with E-state index >= 15 is 0 Å². The number of aromatic nitrogens is 2. The lowest BCUT2D eigenvalue weighted by molar-refractivity contribution is 0.0891. The lowest BCUT2D eigenvalue weighted by atomic mass is 10.1. The normalized spacial score (nSPS) is 20.4. The van der Waals surface area contributed by atoms with Crippen molar-refractivity contribution >= 4 is 23.4 Å². The fourth-order valence-corrected chi connectivity index (χ4v) is 2.23. The molecule has 1 aromatic heterocycles. The smallest absolute Gasteiger partial charge is 0.224 e. The summed E-state index contributed by atoms with van der Waals surface area (Å²) in [6, 6.07) is 0. The van der Waals surface area contributed by atoms with E-state index < -0.39 is 0 Å². The first-order valence-electron chi connectivity index (χ1n) is 5.72. The number of nitrogens with zero attached hydrogens (tertiary/aromatic N) is 3. The van der Waals surface area contributed by atoms with Crippen molar-refractivity contribution in [1.29, 1.82) is 0 Å². The minimum atomic E-state index is 0.257. The SMILES string of the molecule is CNc1ncc(Cl)c(N2CCCC(OC)C2)n1. The number of piperidine rings is 1. The molecule has 0 aromatic carbocycles. The fraction of sp³-hybridized carbons (Fsp3) is 0.636. The summed E-state index contributed by atoms with van der Waals surface area (Å²) in [5.41, 5.74) is 0. The zero-order valence-electron chi connectivity index (χ0n) is 10.1. The summed E-state index contributed by atoms with van der Waals surface area (Å²) >= 11 is 6.14. The molecule has 17 heavy (non-hydrogen) atoms. The van der Waals surface area contributed by atoms with Crippen LogP contribution in [0.4, 0.5) is 11.8 Å². The van der Waals surface area contributed by atoms with Crippen LogP contribution in [0.2, 0.25) is 5.02 Å². The van der Waals surface area contributed by atoms with Crippen molar-refractivity contribution in [3.05, 3.63) is 11.2 Å². The predicted molar refractivity (Wildman–Crippen MR) is 68.8 cm³/mol. The average molecular weight is 257 g/mol. The van der Waals surface area contributed by atoms with Gasteiger partial charge in [-0.15, -0.1) is 0 Å². The summed E-state index contributed by atoms with van der Waals surface area (Å²) < 4.78 is 5.40.